The van der Waals surface area contributed by atoms with Gasteiger partial charge in [0.1, 0.15) is 17.2 Å². The first-order valence-corrected chi connectivity index (χ1v) is 24.5. The van der Waals surface area contributed by atoms with Crippen LogP contribution in [-0.2, 0) is 37.4 Å². The van der Waals surface area contributed by atoms with Crippen molar-refractivity contribution >= 4 is 8.07 Å². The van der Waals surface area contributed by atoms with E-state index in [4.69, 9.17) is 14.2 Å². The lowest BCUT2D eigenvalue weighted by Gasteiger charge is -2.35. The first kappa shape index (κ1) is 43.7. The van der Waals surface area contributed by atoms with Gasteiger partial charge in [0.15, 0.2) is 0 Å². The van der Waals surface area contributed by atoms with Gasteiger partial charge in [0.25, 0.3) is 0 Å². The quantitative estimate of drug-likeness (QED) is 0.0526. The Morgan fingerprint density at radius 3 is 0.942 bits per heavy atom. The van der Waals surface area contributed by atoms with E-state index in [9.17, 15) is 0 Å². The molecule has 3 aromatic carbocycles. The number of ether oxygens (including phenoxy) is 3. The highest BCUT2D eigenvalue weighted by molar-refractivity contribution is 6.78. The van der Waals surface area contributed by atoms with Gasteiger partial charge in [-0.1, -0.05) is 173 Å². The maximum atomic E-state index is 6.79. The number of para-hydroxylation sites is 3. The van der Waals surface area contributed by atoms with E-state index in [0.717, 1.165) is 76.5 Å². The molecule has 0 aliphatic heterocycles. The number of rotatable bonds is 29. The number of hydrogen-bond acceptors (Lipinski definition) is 3. The third kappa shape index (κ3) is 13.9. The molecule has 0 N–H and O–H groups in total. The number of aryl methyl sites for hydroxylation is 3. The normalized spacial score (nSPS) is 11.6. The number of benzene rings is 3. The van der Waals surface area contributed by atoms with Crippen molar-refractivity contribution in [1.29, 1.82) is 0 Å². The van der Waals surface area contributed by atoms with Gasteiger partial charge in [-0.05, 0) is 90.0 Å². The highest BCUT2D eigenvalue weighted by atomic mass is 28.3. The molecule has 0 bridgehead atoms. The molecule has 0 fully saturated rings. The molecule has 0 amide bonds. The van der Waals surface area contributed by atoms with Crippen LogP contribution in [0.2, 0.25) is 6.04 Å². The summed E-state index contributed by atoms with van der Waals surface area (Å²) in [4.78, 5) is 0. The lowest BCUT2D eigenvalue weighted by Crippen LogP contribution is -2.44. The second-order valence-corrected chi connectivity index (χ2v) is 19.8. The minimum absolute atomic E-state index is 0.801. The molecular formula is C48H76O3Si. The summed E-state index contributed by atoms with van der Waals surface area (Å²) in [5, 5.41) is 0. The van der Waals surface area contributed by atoms with Crippen LogP contribution in [0.25, 0.3) is 0 Å². The molecule has 0 aromatic heterocycles. The Bertz CT molecular complexity index is 1240. The molecule has 3 nitrogen and oxygen atoms in total. The number of unbranched alkanes of at least 4 members (excludes halogenated alkanes) is 9. The first-order chi connectivity index (χ1) is 25.5. The molecular weight excluding hydrogens is 653 g/mol. The second kappa shape index (κ2) is 25.3. The Balaban J connectivity index is 2.14. The van der Waals surface area contributed by atoms with Crippen LogP contribution >= 0.6 is 0 Å². The number of hydrogen-bond donors (Lipinski definition) is 0. The Morgan fingerprint density at radius 2 is 0.673 bits per heavy atom. The smallest absolute Gasteiger partial charge is 0.125 e. The average molecular weight is 729 g/mol. The highest BCUT2D eigenvalue weighted by Gasteiger charge is 2.36. The largest absolute Gasteiger partial charge is 0.493 e. The minimum atomic E-state index is -2.14. The van der Waals surface area contributed by atoms with Gasteiger partial charge in [0, 0.05) is 0 Å². The Hall–Kier alpha value is -2.72. The maximum Gasteiger partial charge on any atom is 0.125 e. The van der Waals surface area contributed by atoms with Crippen LogP contribution in [0, 0.1) is 0 Å². The van der Waals surface area contributed by atoms with Crippen molar-refractivity contribution in [1.82, 2.24) is 0 Å². The average Bonchev–Trinajstić information content (AvgIpc) is 3.15. The van der Waals surface area contributed by atoms with Gasteiger partial charge in [-0.2, -0.15) is 0 Å². The van der Waals surface area contributed by atoms with E-state index in [2.05, 4.69) is 103 Å². The van der Waals surface area contributed by atoms with E-state index in [-0.39, 0.29) is 0 Å². The van der Waals surface area contributed by atoms with E-state index >= 15 is 0 Å². The summed E-state index contributed by atoms with van der Waals surface area (Å²) >= 11 is 0. The van der Waals surface area contributed by atoms with Crippen molar-refractivity contribution < 1.29 is 14.2 Å². The Morgan fingerprint density at radius 1 is 0.365 bits per heavy atom. The fraction of sp³-hybridized carbons (Fsp3) is 0.625. The van der Waals surface area contributed by atoms with Crippen molar-refractivity contribution in [3.63, 3.8) is 0 Å². The van der Waals surface area contributed by atoms with Crippen LogP contribution in [0.4, 0.5) is 0 Å². The van der Waals surface area contributed by atoms with E-state index in [0.29, 0.717) is 0 Å². The maximum absolute atomic E-state index is 6.79. The van der Waals surface area contributed by atoms with Gasteiger partial charge < -0.3 is 14.2 Å². The molecule has 0 unspecified atom stereocenters. The summed E-state index contributed by atoms with van der Waals surface area (Å²) in [6, 6.07) is 25.4. The van der Waals surface area contributed by atoms with Crippen LogP contribution in [0.3, 0.4) is 0 Å². The second-order valence-electron chi connectivity index (χ2n) is 15.3. The molecule has 0 radical (unpaired) electrons. The van der Waals surface area contributed by atoms with Gasteiger partial charge in [-0.25, -0.2) is 0 Å². The predicted molar refractivity (Wildman–Crippen MR) is 228 cm³/mol. The lowest BCUT2D eigenvalue weighted by molar-refractivity contribution is 0.299. The monoisotopic (exact) mass is 729 g/mol. The third-order valence-corrected chi connectivity index (χ3v) is 15.8. The van der Waals surface area contributed by atoms with Crippen molar-refractivity contribution in [3.8, 4) is 17.2 Å². The summed E-state index contributed by atoms with van der Waals surface area (Å²) in [6.07, 6.45) is 18.8. The summed E-state index contributed by atoms with van der Waals surface area (Å²) < 4.78 is 20.4. The predicted octanol–water partition coefficient (Wildman–Crippen LogP) is 13.8. The molecule has 0 spiro atoms. The summed E-state index contributed by atoms with van der Waals surface area (Å²) in [5.74, 6) is 3.50. The van der Waals surface area contributed by atoms with Crippen molar-refractivity contribution in [2.45, 2.75) is 175 Å². The topological polar surface area (TPSA) is 27.7 Å². The van der Waals surface area contributed by atoms with Crippen LogP contribution in [0.5, 0.6) is 17.2 Å². The van der Waals surface area contributed by atoms with Gasteiger partial charge in [0.05, 0.1) is 27.9 Å². The summed E-state index contributed by atoms with van der Waals surface area (Å²) in [6.45, 7) is 18.5. The van der Waals surface area contributed by atoms with E-state index in [1.165, 1.54) is 121 Å². The molecule has 3 rings (SSSR count). The molecule has 0 heterocycles. The van der Waals surface area contributed by atoms with Crippen molar-refractivity contribution in [2.75, 3.05) is 19.8 Å². The Labute approximate surface area is 321 Å². The lowest BCUT2D eigenvalue weighted by atomic mass is 10.1. The molecule has 3 aromatic rings. The molecule has 290 valence electrons. The molecule has 4 heteroatoms. The summed E-state index contributed by atoms with van der Waals surface area (Å²) in [5.41, 5.74) is 8.29. The van der Waals surface area contributed by atoms with Crippen LogP contribution in [-0.4, -0.2) is 27.9 Å². The highest BCUT2D eigenvalue weighted by Crippen LogP contribution is 2.38. The van der Waals surface area contributed by atoms with E-state index < -0.39 is 8.07 Å². The van der Waals surface area contributed by atoms with Gasteiger partial charge in [-0.15, -0.1) is 0 Å². The van der Waals surface area contributed by atoms with E-state index in [1.807, 2.05) is 0 Å². The standard InChI is InChI=1S/C48H76O3Si/c1-8-15-18-21-33-49-46-40(12-5)27-24-30-43(46)37-52(36-11-4,38-44-31-25-28-41(13-6)47(44)50-34-22-19-16-9-2)39-45-32-26-29-42(14-7)48(45)51-35-23-20-17-10-3/h24-32H,8-23,33-39H2,1-7H3. The molecule has 0 saturated heterocycles. The van der Waals surface area contributed by atoms with Crippen LogP contribution in [0.15, 0.2) is 54.6 Å². The SMILES string of the molecule is CCCCCCOc1c(CC)cccc1C[Si](CCC)(Cc1cccc(CC)c1OCCCCCC)Cc1cccc(CC)c1OCCCCCC. The zero-order chi connectivity index (χ0) is 37.4. The molecule has 0 aliphatic carbocycles. The Kier molecular flexibility index (Phi) is 21.3. The third-order valence-electron chi connectivity index (χ3n) is 10.9. The molecule has 0 saturated carbocycles. The fourth-order valence-electron chi connectivity index (χ4n) is 8.03. The molecule has 0 aliphatic rings. The minimum Gasteiger partial charge on any atom is -0.493 e. The zero-order valence-corrected chi connectivity index (χ0v) is 35.7. The van der Waals surface area contributed by atoms with Crippen molar-refractivity contribution in [2.24, 2.45) is 0 Å². The van der Waals surface area contributed by atoms with Crippen LogP contribution < -0.4 is 14.2 Å². The van der Waals surface area contributed by atoms with Gasteiger partial charge >= 0.3 is 0 Å². The molecule has 52 heavy (non-hydrogen) atoms. The van der Waals surface area contributed by atoms with E-state index in [1.54, 1.807) is 0 Å². The molecule has 0 atom stereocenters. The van der Waals surface area contributed by atoms with Crippen molar-refractivity contribution in [3.05, 3.63) is 88.0 Å². The summed E-state index contributed by atoms with van der Waals surface area (Å²) in [7, 11) is -2.14. The zero-order valence-electron chi connectivity index (χ0n) is 34.7. The van der Waals surface area contributed by atoms with Gasteiger partial charge in [0.2, 0.25) is 0 Å². The fourth-order valence-corrected chi connectivity index (χ4v) is 13.3. The van der Waals surface area contributed by atoms with Crippen LogP contribution in [0.1, 0.15) is 165 Å². The van der Waals surface area contributed by atoms with Gasteiger partial charge in [-0.3, -0.25) is 0 Å². The first-order valence-electron chi connectivity index (χ1n) is 21.7.